The number of benzene rings is 1. The van der Waals surface area contributed by atoms with E-state index in [1.54, 1.807) is 23.1 Å². The van der Waals surface area contributed by atoms with Crippen LogP contribution in [-0.2, 0) is 11.3 Å². The Bertz CT molecular complexity index is 878. The van der Waals surface area contributed by atoms with Crippen LogP contribution in [0.3, 0.4) is 0 Å². The van der Waals surface area contributed by atoms with Crippen molar-refractivity contribution < 1.29 is 19.0 Å². The van der Waals surface area contributed by atoms with E-state index in [0.29, 0.717) is 34.8 Å². The van der Waals surface area contributed by atoms with Crippen LogP contribution in [0.25, 0.3) is 0 Å². The number of piperidine rings is 1. The molecule has 0 aliphatic carbocycles. The van der Waals surface area contributed by atoms with Crippen molar-refractivity contribution in [2.45, 2.75) is 51.9 Å². The molecule has 2 heterocycles. The van der Waals surface area contributed by atoms with Gasteiger partial charge in [0.05, 0.1) is 10.7 Å². The lowest BCUT2D eigenvalue weighted by Crippen LogP contribution is -2.44. The fraction of sp³-hybridized carbons (Fsp3) is 0.455. The summed E-state index contributed by atoms with van der Waals surface area (Å²) in [5.74, 6) is 1.08. The minimum absolute atomic E-state index is 0.00179. The minimum atomic E-state index is -0.493. The zero-order chi connectivity index (χ0) is 21.7. The fourth-order valence-electron chi connectivity index (χ4n) is 3.00. The smallest absolute Gasteiger partial charge is 0.410 e. The molecule has 0 atom stereocenters. The van der Waals surface area contributed by atoms with Gasteiger partial charge in [-0.25, -0.2) is 9.78 Å². The second-order valence-electron chi connectivity index (χ2n) is 8.12. The molecular formula is C22H26Cl2N2O4. The monoisotopic (exact) mass is 452 g/mol. The molecule has 1 amide bonds. The Morgan fingerprint density at radius 2 is 1.90 bits per heavy atom. The van der Waals surface area contributed by atoms with Crippen molar-refractivity contribution in [3.8, 4) is 11.6 Å². The first-order valence-corrected chi connectivity index (χ1v) is 10.6. The maximum atomic E-state index is 12.2. The van der Waals surface area contributed by atoms with E-state index in [1.807, 2.05) is 39.0 Å². The van der Waals surface area contributed by atoms with E-state index in [0.717, 1.165) is 18.5 Å². The van der Waals surface area contributed by atoms with Gasteiger partial charge in [-0.15, -0.1) is 0 Å². The van der Waals surface area contributed by atoms with Crippen LogP contribution in [0.2, 0.25) is 10.0 Å². The van der Waals surface area contributed by atoms with Crippen molar-refractivity contribution in [1.29, 1.82) is 0 Å². The first-order chi connectivity index (χ1) is 14.2. The summed E-state index contributed by atoms with van der Waals surface area (Å²) in [6.45, 7) is 7.04. The third-order valence-corrected chi connectivity index (χ3v) is 4.96. The van der Waals surface area contributed by atoms with Crippen LogP contribution in [0.4, 0.5) is 4.79 Å². The Morgan fingerprint density at radius 3 is 2.57 bits per heavy atom. The summed E-state index contributed by atoms with van der Waals surface area (Å²) in [5, 5.41) is 1.00. The van der Waals surface area contributed by atoms with Crippen LogP contribution < -0.4 is 9.47 Å². The molecule has 0 bridgehead atoms. The molecule has 8 heteroatoms. The van der Waals surface area contributed by atoms with Crippen LogP contribution in [0.1, 0.15) is 39.3 Å². The minimum Gasteiger partial charge on any atom is -0.486 e. The van der Waals surface area contributed by atoms with Crippen molar-refractivity contribution in [3.05, 3.63) is 52.1 Å². The summed E-state index contributed by atoms with van der Waals surface area (Å²) in [6, 6.07) is 10.6. The molecule has 0 unspecified atom stereocenters. The zero-order valence-corrected chi connectivity index (χ0v) is 18.9. The number of likely N-dealkylation sites (tertiary alicyclic amines) is 1. The van der Waals surface area contributed by atoms with Gasteiger partial charge in [0, 0.05) is 37.0 Å². The Kier molecular flexibility index (Phi) is 7.32. The molecule has 6 nitrogen and oxygen atoms in total. The molecule has 0 saturated carbocycles. The number of pyridine rings is 1. The van der Waals surface area contributed by atoms with E-state index in [2.05, 4.69) is 4.98 Å². The lowest BCUT2D eigenvalue weighted by atomic mass is 10.1. The van der Waals surface area contributed by atoms with E-state index in [-0.39, 0.29) is 18.8 Å². The molecule has 1 saturated heterocycles. The molecule has 1 fully saturated rings. The van der Waals surface area contributed by atoms with Crippen molar-refractivity contribution in [2.24, 2.45) is 0 Å². The second kappa shape index (κ2) is 9.75. The Labute approximate surface area is 187 Å². The van der Waals surface area contributed by atoms with Gasteiger partial charge in [-0.3, -0.25) is 0 Å². The number of hydrogen-bond donors (Lipinski definition) is 0. The van der Waals surface area contributed by atoms with Gasteiger partial charge in [0.25, 0.3) is 0 Å². The van der Waals surface area contributed by atoms with E-state index in [4.69, 9.17) is 37.4 Å². The number of halogens is 2. The van der Waals surface area contributed by atoms with Gasteiger partial charge in [-0.05, 0) is 45.0 Å². The average Bonchev–Trinajstić information content (AvgIpc) is 2.67. The maximum Gasteiger partial charge on any atom is 0.410 e. The predicted octanol–water partition coefficient (Wildman–Crippen LogP) is 5.75. The number of hydrogen-bond acceptors (Lipinski definition) is 5. The summed E-state index contributed by atoms with van der Waals surface area (Å²) >= 11 is 12.0. The molecule has 2 aromatic rings. The number of carbonyl (C=O) groups is 1. The molecule has 0 N–H and O–H groups in total. The highest BCUT2D eigenvalue weighted by atomic mass is 35.5. The topological polar surface area (TPSA) is 60.9 Å². The third-order valence-electron chi connectivity index (χ3n) is 4.43. The highest BCUT2D eigenvalue weighted by molar-refractivity contribution is 6.35. The Balaban J connectivity index is 1.50. The molecule has 3 rings (SSSR count). The molecule has 0 spiro atoms. The van der Waals surface area contributed by atoms with Gasteiger partial charge < -0.3 is 19.1 Å². The highest BCUT2D eigenvalue weighted by Crippen LogP contribution is 2.28. The summed E-state index contributed by atoms with van der Waals surface area (Å²) in [4.78, 5) is 18.4. The summed E-state index contributed by atoms with van der Waals surface area (Å²) < 4.78 is 17.2. The number of ether oxygens (including phenoxy) is 3. The molecule has 1 aliphatic rings. The number of aromatic nitrogens is 1. The van der Waals surface area contributed by atoms with Crippen molar-refractivity contribution in [3.63, 3.8) is 0 Å². The summed E-state index contributed by atoms with van der Waals surface area (Å²) in [6.07, 6.45) is 1.17. The van der Waals surface area contributed by atoms with Crippen LogP contribution in [0, 0.1) is 0 Å². The van der Waals surface area contributed by atoms with Gasteiger partial charge in [-0.1, -0.05) is 29.3 Å². The Hall–Kier alpha value is -2.18. The summed E-state index contributed by atoms with van der Waals surface area (Å²) in [5.41, 5.74) is 0.234. The lowest BCUT2D eigenvalue weighted by molar-refractivity contribution is 0.0123. The average molecular weight is 453 g/mol. The third kappa shape index (κ3) is 6.67. The SMILES string of the molecule is CC(C)(C)OC(=O)N1CCC(Oc2cccc(COc3ccc(Cl)cc3Cl)n2)CC1. The molecule has 1 aromatic heterocycles. The van der Waals surface area contributed by atoms with Gasteiger partial charge in [0.1, 0.15) is 24.1 Å². The lowest BCUT2D eigenvalue weighted by Gasteiger charge is -2.33. The van der Waals surface area contributed by atoms with Gasteiger partial charge in [-0.2, -0.15) is 0 Å². The van der Waals surface area contributed by atoms with Crippen LogP contribution in [0.5, 0.6) is 11.6 Å². The number of rotatable bonds is 5. The largest absolute Gasteiger partial charge is 0.486 e. The normalized spacial score (nSPS) is 15.0. The fourth-order valence-corrected chi connectivity index (χ4v) is 3.46. The second-order valence-corrected chi connectivity index (χ2v) is 8.96. The molecule has 162 valence electrons. The van der Waals surface area contributed by atoms with Crippen molar-refractivity contribution in [2.75, 3.05) is 13.1 Å². The number of nitrogens with zero attached hydrogens (tertiary/aromatic N) is 2. The summed E-state index contributed by atoms with van der Waals surface area (Å²) in [7, 11) is 0. The maximum absolute atomic E-state index is 12.2. The molecular weight excluding hydrogens is 427 g/mol. The quantitative estimate of drug-likeness (QED) is 0.577. The predicted molar refractivity (Wildman–Crippen MR) is 116 cm³/mol. The van der Waals surface area contributed by atoms with Gasteiger partial charge in [0.2, 0.25) is 5.88 Å². The molecule has 30 heavy (non-hydrogen) atoms. The van der Waals surface area contributed by atoms with E-state index >= 15 is 0 Å². The molecule has 1 aliphatic heterocycles. The van der Waals surface area contributed by atoms with E-state index in [9.17, 15) is 4.79 Å². The van der Waals surface area contributed by atoms with Gasteiger partial charge >= 0.3 is 6.09 Å². The highest BCUT2D eigenvalue weighted by Gasteiger charge is 2.27. The van der Waals surface area contributed by atoms with E-state index < -0.39 is 5.60 Å². The van der Waals surface area contributed by atoms with Gasteiger partial charge in [0.15, 0.2) is 0 Å². The Morgan fingerprint density at radius 1 is 1.17 bits per heavy atom. The molecule has 1 aromatic carbocycles. The number of carbonyl (C=O) groups excluding carboxylic acids is 1. The van der Waals surface area contributed by atoms with Crippen LogP contribution in [-0.4, -0.2) is 40.8 Å². The molecule has 0 radical (unpaired) electrons. The number of amides is 1. The first-order valence-electron chi connectivity index (χ1n) is 9.88. The van der Waals surface area contributed by atoms with E-state index in [1.165, 1.54) is 0 Å². The first kappa shape index (κ1) is 22.5. The van der Waals surface area contributed by atoms with Crippen LogP contribution >= 0.6 is 23.2 Å². The van der Waals surface area contributed by atoms with Crippen molar-refractivity contribution in [1.82, 2.24) is 9.88 Å². The van der Waals surface area contributed by atoms with Crippen LogP contribution in [0.15, 0.2) is 36.4 Å². The van der Waals surface area contributed by atoms with Crippen molar-refractivity contribution >= 4 is 29.3 Å². The standard InChI is InChI=1S/C22H26Cl2N2O4/c1-22(2,3)30-21(27)26-11-9-17(10-12-26)29-20-6-4-5-16(25-20)14-28-19-8-7-15(23)13-18(19)24/h4-8,13,17H,9-12,14H2,1-3H3. The zero-order valence-electron chi connectivity index (χ0n) is 17.4.